The van der Waals surface area contributed by atoms with Crippen molar-refractivity contribution >= 4 is 16.0 Å². The predicted molar refractivity (Wildman–Crippen MR) is 79.5 cm³/mol. The number of carbonyl (C=O) groups excluding carboxylic acids is 1. The summed E-state index contributed by atoms with van der Waals surface area (Å²) in [5, 5.41) is 0. The van der Waals surface area contributed by atoms with E-state index in [-0.39, 0.29) is 24.3 Å². The first-order valence-electron chi connectivity index (χ1n) is 6.49. The second-order valence-electron chi connectivity index (χ2n) is 4.98. The van der Waals surface area contributed by atoms with Crippen LogP contribution in [0, 0.1) is 0 Å². The molecule has 1 rings (SSSR count). The molecule has 0 spiro atoms. The second-order valence-corrected chi connectivity index (χ2v) is 6.56. The van der Waals surface area contributed by atoms with Crippen LogP contribution in [0.4, 0.5) is 0 Å². The molecule has 118 valence electrons. The lowest BCUT2D eigenvalue weighted by Crippen LogP contribution is -2.38. The number of amides is 1. The van der Waals surface area contributed by atoms with E-state index in [1.807, 2.05) is 19.9 Å². The second kappa shape index (κ2) is 7.42. The van der Waals surface area contributed by atoms with E-state index in [0.717, 1.165) is 11.8 Å². The maximum Gasteiger partial charge on any atom is 0.306 e. The maximum atomic E-state index is 12.0. The summed E-state index contributed by atoms with van der Waals surface area (Å²) in [6, 6.07) is 6.67. The molecule has 0 N–H and O–H groups in total. The van der Waals surface area contributed by atoms with Crippen LogP contribution in [0.25, 0.3) is 0 Å². The first-order chi connectivity index (χ1) is 9.73. The van der Waals surface area contributed by atoms with Crippen LogP contribution in [0.5, 0.6) is 5.75 Å². The lowest BCUT2D eigenvalue weighted by Gasteiger charge is -2.26. The number of benzene rings is 1. The van der Waals surface area contributed by atoms with E-state index in [2.05, 4.69) is 0 Å². The zero-order chi connectivity index (χ0) is 16.0. The molecule has 0 bridgehead atoms. The summed E-state index contributed by atoms with van der Waals surface area (Å²) in [6.07, 6.45) is 0.988. The third kappa shape index (κ3) is 6.14. The van der Waals surface area contributed by atoms with Gasteiger partial charge < -0.3 is 13.8 Å². The van der Waals surface area contributed by atoms with Crippen LogP contribution in [0.15, 0.2) is 24.3 Å². The number of nitrogens with zero attached hydrogens (tertiary/aromatic N) is 1. The van der Waals surface area contributed by atoms with Gasteiger partial charge in [-0.15, -0.1) is 0 Å². The molecule has 0 saturated carbocycles. The fourth-order valence-corrected chi connectivity index (χ4v) is 2.29. The molecule has 7 heteroatoms. The molecule has 0 aliphatic rings. The van der Waals surface area contributed by atoms with Gasteiger partial charge in [0, 0.05) is 19.7 Å². The summed E-state index contributed by atoms with van der Waals surface area (Å²) in [5.41, 5.74) is 0.786. The van der Waals surface area contributed by atoms with Crippen LogP contribution in [0.1, 0.15) is 19.4 Å². The maximum absolute atomic E-state index is 12.0. The normalized spacial score (nSPS) is 11.5. The van der Waals surface area contributed by atoms with E-state index in [9.17, 15) is 13.2 Å². The average molecular weight is 315 g/mol. The van der Waals surface area contributed by atoms with Crippen molar-refractivity contribution in [2.45, 2.75) is 26.4 Å². The van der Waals surface area contributed by atoms with Crippen molar-refractivity contribution in [2.24, 2.45) is 0 Å². The SMILES string of the molecule is COCC(=O)N(Cc1cccc(OS(C)(=O)=O)c1)C(C)C. The van der Waals surface area contributed by atoms with Crippen LogP contribution >= 0.6 is 0 Å². The largest absolute Gasteiger partial charge is 0.383 e. The Balaban J connectivity index is 2.89. The lowest BCUT2D eigenvalue weighted by atomic mass is 10.2. The number of hydrogen-bond donors (Lipinski definition) is 0. The Morgan fingerprint density at radius 1 is 1.33 bits per heavy atom. The molecule has 1 aromatic rings. The zero-order valence-electron chi connectivity index (χ0n) is 12.7. The van der Waals surface area contributed by atoms with Gasteiger partial charge in [0.2, 0.25) is 5.91 Å². The molecule has 0 radical (unpaired) electrons. The zero-order valence-corrected chi connectivity index (χ0v) is 13.5. The summed E-state index contributed by atoms with van der Waals surface area (Å²) in [7, 11) is -2.10. The predicted octanol–water partition coefficient (Wildman–Crippen LogP) is 1.41. The summed E-state index contributed by atoms with van der Waals surface area (Å²) < 4.78 is 32.0. The number of carbonyl (C=O) groups is 1. The third-order valence-corrected chi connectivity index (χ3v) is 3.21. The molecular formula is C14H21NO5S. The fourth-order valence-electron chi connectivity index (χ4n) is 1.83. The van der Waals surface area contributed by atoms with Crippen molar-refractivity contribution in [2.75, 3.05) is 20.0 Å². The first kappa shape index (κ1) is 17.5. The van der Waals surface area contributed by atoms with Crippen LogP contribution in [-0.2, 0) is 26.2 Å². The van der Waals surface area contributed by atoms with Gasteiger partial charge >= 0.3 is 10.1 Å². The van der Waals surface area contributed by atoms with E-state index in [0.29, 0.717) is 6.54 Å². The highest BCUT2D eigenvalue weighted by Crippen LogP contribution is 2.17. The molecule has 1 amide bonds. The minimum absolute atomic E-state index is 0.00660. The molecular weight excluding hydrogens is 294 g/mol. The van der Waals surface area contributed by atoms with Crippen LogP contribution in [0.2, 0.25) is 0 Å². The monoisotopic (exact) mass is 315 g/mol. The van der Waals surface area contributed by atoms with Gasteiger partial charge in [-0.25, -0.2) is 0 Å². The topological polar surface area (TPSA) is 72.9 Å². The Morgan fingerprint density at radius 2 is 2.00 bits per heavy atom. The molecule has 0 aromatic heterocycles. The van der Waals surface area contributed by atoms with Crippen LogP contribution < -0.4 is 4.18 Å². The Hall–Kier alpha value is -1.60. The highest BCUT2D eigenvalue weighted by molar-refractivity contribution is 7.86. The van der Waals surface area contributed by atoms with E-state index in [1.165, 1.54) is 7.11 Å². The number of rotatable bonds is 7. The summed E-state index contributed by atoms with van der Waals surface area (Å²) in [6.45, 7) is 4.19. The highest BCUT2D eigenvalue weighted by atomic mass is 32.2. The lowest BCUT2D eigenvalue weighted by molar-refractivity contribution is -0.137. The molecule has 0 heterocycles. The third-order valence-electron chi connectivity index (χ3n) is 2.71. The standard InChI is InChI=1S/C14H21NO5S/c1-11(2)15(14(16)10-19-3)9-12-6-5-7-13(8-12)20-21(4,17)18/h5-8,11H,9-10H2,1-4H3. The fraction of sp³-hybridized carbons (Fsp3) is 0.500. The Morgan fingerprint density at radius 3 is 2.52 bits per heavy atom. The van der Waals surface area contributed by atoms with Crippen molar-refractivity contribution < 1.29 is 22.1 Å². The van der Waals surface area contributed by atoms with Crippen molar-refractivity contribution in [3.8, 4) is 5.75 Å². The number of ether oxygens (including phenoxy) is 1. The summed E-state index contributed by atoms with van der Waals surface area (Å²) in [4.78, 5) is 13.6. The molecule has 0 saturated heterocycles. The van der Waals surface area contributed by atoms with Crippen molar-refractivity contribution in [3.63, 3.8) is 0 Å². The summed E-state index contributed by atoms with van der Waals surface area (Å²) in [5.74, 6) is 0.111. The van der Waals surface area contributed by atoms with Crippen LogP contribution in [0.3, 0.4) is 0 Å². The van der Waals surface area contributed by atoms with Gasteiger partial charge in [-0.3, -0.25) is 4.79 Å². The highest BCUT2D eigenvalue weighted by Gasteiger charge is 2.17. The van der Waals surface area contributed by atoms with Crippen molar-refractivity contribution in [1.29, 1.82) is 0 Å². The van der Waals surface area contributed by atoms with Crippen LogP contribution in [-0.4, -0.2) is 45.2 Å². The van der Waals surface area contributed by atoms with E-state index in [1.54, 1.807) is 23.1 Å². The number of methoxy groups -OCH3 is 1. The van der Waals surface area contributed by atoms with Gasteiger partial charge in [-0.05, 0) is 31.5 Å². The number of hydrogen-bond acceptors (Lipinski definition) is 5. The van der Waals surface area contributed by atoms with E-state index >= 15 is 0 Å². The smallest absolute Gasteiger partial charge is 0.306 e. The van der Waals surface area contributed by atoms with Gasteiger partial charge in [-0.1, -0.05) is 12.1 Å². The average Bonchev–Trinajstić information content (AvgIpc) is 2.34. The molecule has 0 unspecified atom stereocenters. The van der Waals surface area contributed by atoms with Gasteiger partial charge in [0.05, 0.1) is 6.26 Å². The van der Waals surface area contributed by atoms with Gasteiger partial charge in [0.25, 0.3) is 0 Å². The molecule has 6 nitrogen and oxygen atoms in total. The summed E-state index contributed by atoms with van der Waals surface area (Å²) >= 11 is 0. The van der Waals surface area contributed by atoms with Crippen molar-refractivity contribution in [3.05, 3.63) is 29.8 Å². The van der Waals surface area contributed by atoms with E-state index < -0.39 is 10.1 Å². The first-order valence-corrected chi connectivity index (χ1v) is 8.31. The van der Waals surface area contributed by atoms with Crippen molar-refractivity contribution in [1.82, 2.24) is 4.90 Å². The molecule has 0 atom stereocenters. The van der Waals surface area contributed by atoms with E-state index in [4.69, 9.17) is 8.92 Å². The Bertz CT molecular complexity index is 583. The molecule has 0 aliphatic heterocycles. The van der Waals surface area contributed by atoms with Gasteiger partial charge in [0.15, 0.2) is 0 Å². The van der Waals surface area contributed by atoms with Gasteiger partial charge in [-0.2, -0.15) is 8.42 Å². The minimum atomic E-state index is -3.56. The Kier molecular flexibility index (Phi) is 6.17. The minimum Gasteiger partial charge on any atom is -0.383 e. The molecule has 0 fully saturated rings. The van der Waals surface area contributed by atoms with Gasteiger partial charge in [0.1, 0.15) is 12.4 Å². The molecule has 1 aromatic carbocycles. The quantitative estimate of drug-likeness (QED) is 0.711. The molecule has 21 heavy (non-hydrogen) atoms. The Labute approximate surface area is 125 Å². The molecule has 0 aliphatic carbocycles.